The van der Waals surface area contributed by atoms with Gasteiger partial charge in [-0.1, -0.05) is 0 Å². The van der Waals surface area contributed by atoms with E-state index >= 15 is 0 Å². The quantitative estimate of drug-likeness (QED) is 0.281. The van der Waals surface area contributed by atoms with Gasteiger partial charge in [0.25, 0.3) is 0 Å². The first-order valence-electron chi connectivity index (χ1n) is 3.01. The molecule has 0 aromatic carbocycles. The highest BCUT2D eigenvalue weighted by molar-refractivity contribution is 5.87. The van der Waals surface area contributed by atoms with Crippen LogP contribution in [0, 0.1) is 0 Å². The Morgan fingerprint density at radius 2 is 2.30 bits per heavy atom. The van der Waals surface area contributed by atoms with Gasteiger partial charge < -0.3 is 16.2 Å². The maximum atomic E-state index is 5.05. The number of nitrogens with zero attached hydrogens (tertiary/aromatic N) is 2. The summed E-state index contributed by atoms with van der Waals surface area (Å²) in [4.78, 5) is 0. The van der Waals surface area contributed by atoms with Crippen LogP contribution in [0.1, 0.15) is 6.42 Å². The van der Waals surface area contributed by atoms with Crippen molar-refractivity contribution in [2.75, 3.05) is 13.2 Å². The molecule has 10 heavy (non-hydrogen) atoms. The van der Waals surface area contributed by atoms with Crippen molar-refractivity contribution >= 4 is 11.7 Å². The van der Waals surface area contributed by atoms with Crippen LogP contribution in [0.15, 0.2) is 10.2 Å². The average Bonchev–Trinajstić information content (AvgIpc) is 2.34. The van der Waals surface area contributed by atoms with Gasteiger partial charge in [0.05, 0.1) is 18.9 Å². The van der Waals surface area contributed by atoms with Crippen molar-refractivity contribution in [3.8, 4) is 0 Å². The van der Waals surface area contributed by atoms with Crippen LogP contribution in [-0.2, 0) is 4.74 Å². The molecule has 0 bridgehead atoms. The maximum absolute atomic E-state index is 5.05. The van der Waals surface area contributed by atoms with E-state index in [4.69, 9.17) is 16.2 Å². The summed E-state index contributed by atoms with van der Waals surface area (Å²) < 4.78 is 5.01. The first-order valence-corrected chi connectivity index (χ1v) is 3.01. The highest BCUT2D eigenvalue weighted by Crippen LogP contribution is 1.99. The zero-order valence-corrected chi connectivity index (χ0v) is 5.58. The number of guanidine groups is 1. The Hall–Kier alpha value is -1.10. The van der Waals surface area contributed by atoms with Gasteiger partial charge in [-0.25, -0.2) is 0 Å². The molecule has 0 saturated carbocycles. The summed E-state index contributed by atoms with van der Waals surface area (Å²) in [6.07, 6.45) is 0.830. The number of ether oxygens (including phenoxy) is 1. The first kappa shape index (κ1) is 7.01. The monoisotopic (exact) mass is 142 g/mol. The predicted molar refractivity (Wildman–Crippen MR) is 38.7 cm³/mol. The first-order chi connectivity index (χ1) is 4.79. The Balaban J connectivity index is 2.46. The smallest absolute Gasteiger partial charge is 0.211 e. The van der Waals surface area contributed by atoms with Crippen LogP contribution in [0.3, 0.4) is 0 Å². The molecular weight excluding hydrogens is 132 g/mol. The van der Waals surface area contributed by atoms with Crippen LogP contribution in [-0.4, -0.2) is 24.9 Å². The number of hydrogen-bond donors (Lipinski definition) is 2. The van der Waals surface area contributed by atoms with E-state index in [1.165, 1.54) is 0 Å². The minimum Gasteiger partial charge on any atom is -0.375 e. The highest BCUT2D eigenvalue weighted by Gasteiger charge is 2.07. The molecule has 5 heteroatoms. The van der Waals surface area contributed by atoms with Gasteiger partial charge in [-0.05, 0) is 0 Å². The zero-order chi connectivity index (χ0) is 7.40. The lowest BCUT2D eigenvalue weighted by Gasteiger charge is -1.87. The fourth-order valence-corrected chi connectivity index (χ4v) is 0.659. The second kappa shape index (κ2) is 3.17. The Bertz CT molecular complexity index is 162. The van der Waals surface area contributed by atoms with E-state index < -0.39 is 0 Å². The van der Waals surface area contributed by atoms with Gasteiger partial charge in [-0.3, -0.25) is 0 Å². The molecule has 0 radical (unpaired) electrons. The molecule has 1 aliphatic heterocycles. The van der Waals surface area contributed by atoms with E-state index in [2.05, 4.69) is 10.2 Å². The Morgan fingerprint density at radius 1 is 1.50 bits per heavy atom. The van der Waals surface area contributed by atoms with Crippen molar-refractivity contribution < 1.29 is 4.74 Å². The lowest BCUT2D eigenvalue weighted by molar-refractivity contribution is 0.209. The van der Waals surface area contributed by atoms with Crippen LogP contribution in [0.4, 0.5) is 0 Å². The Labute approximate surface area is 58.7 Å². The van der Waals surface area contributed by atoms with Gasteiger partial charge in [0.15, 0.2) is 0 Å². The van der Waals surface area contributed by atoms with E-state index in [1.54, 1.807) is 0 Å². The molecule has 0 amide bonds. The molecule has 0 aromatic heterocycles. The molecule has 1 fully saturated rings. The van der Waals surface area contributed by atoms with Gasteiger partial charge in [0.2, 0.25) is 5.96 Å². The minimum absolute atomic E-state index is 0.0144. The maximum Gasteiger partial charge on any atom is 0.211 e. The summed E-state index contributed by atoms with van der Waals surface area (Å²) in [6.45, 7) is 1.27. The van der Waals surface area contributed by atoms with Gasteiger partial charge in [0, 0.05) is 6.42 Å². The number of nitrogens with two attached hydrogens (primary N) is 2. The SMILES string of the molecule is NC(N)=NN=C1CCOC1. The second-order valence-corrected chi connectivity index (χ2v) is 1.99. The van der Waals surface area contributed by atoms with Gasteiger partial charge in [0.1, 0.15) is 0 Å². The van der Waals surface area contributed by atoms with E-state index in [1.807, 2.05) is 0 Å². The summed E-state index contributed by atoms with van der Waals surface area (Å²) in [5, 5.41) is 7.24. The lowest BCUT2D eigenvalue weighted by atomic mass is 10.3. The Kier molecular flexibility index (Phi) is 2.22. The minimum atomic E-state index is -0.0144. The molecule has 0 atom stereocenters. The summed E-state index contributed by atoms with van der Waals surface area (Å²) in [5.74, 6) is -0.0144. The predicted octanol–water partition coefficient (Wildman–Crippen LogP) is -0.964. The summed E-state index contributed by atoms with van der Waals surface area (Å²) in [7, 11) is 0. The van der Waals surface area contributed by atoms with Crippen LogP contribution < -0.4 is 11.5 Å². The molecule has 0 unspecified atom stereocenters. The van der Waals surface area contributed by atoms with Crippen LogP contribution >= 0.6 is 0 Å². The largest absolute Gasteiger partial charge is 0.375 e. The molecule has 56 valence electrons. The van der Waals surface area contributed by atoms with E-state index in [0.29, 0.717) is 6.61 Å². The summed E-state index contributed by atoms with van der Waals surface area (Å²) >= 11 is 0. The molecule has 1 rings (SSSR count). The molecule has 0 spiro atoms. The van der Waals surface area contributed by atoms with E-state index in [9.17, 15) is 0 Å². The third kappa shape index (κ3) is 2.02. The Morgan fingerprint density at radius 3 is 2.80 bits per heavy atom. The molecule has 1 saturated heterocycles. The molecule has 5 nitrogen and oxygen atoms in total. The zero-order valence-electron chi connectivity index (χ0n) is 5.58. The highest BCUT2D eigenvalue weighted by atomic mass is 16.5. The fourth-order valence-electron chi connectivity index (χ4n) is 0.659. The molecule has 0 aromatic rings. The number of rotatable bonds is 1. The van der Waals surface area contributed by atoms with E-state index in [0.717, 1.165) is 18.7 Å². The normalized spacial score (nSPS) is 21.4. The molecule has 0 aliphatic carbocycles. The van der Waals surface area contributed by atoms with Crippen LogP contribution in [0.25, 0.3) is 0 Å². The van der Waals surface area contributed by atoms with Crippen molar-refractivity contribution in [1.82, 2.24) is 0 Å². The van der Waals surface area contributed by atoms with Crippen molar-refractivity contribution in [2.45, 2.75) is 6.42 Å². The van der Waals surface area contributed by atoms with Crippen LogP contribution in [0.2, 0.25) is 0 Å². The third-order valence-electron chi connectivity index (χ3n) is 1.11. The molecule has 1 heterocycles. The molecule has 1 aliphatic rings. The van der Waals surface area contributed by atoms with Crippen molar-refractivity contribution in [2.24, 2.45) is 21.7 Å². The van der Waals surface area contributed by atoms with Gasteiger partial charge in [-0.2, -0.15) is 5.10 Å². The summed E-state index contributed by atoms with van der Waals surface area (Å²) in [5.41, 5.74) is 11.0. The van der Waals surface area contributed by atoms with E-state index in [-0.39, 0.29) is 5.96 Å². The van der Waals surface area contributed by atoms with Gasteiger partial charge in [-0.15, -0.1) is 5.10 Å². The lowest BCUT2D eigenvalue weighted by Crippen LogP contribution is -2.22. The topological polar surface area (TPSA) is 86.0 Å². The average molecular weight is 142 g/mol. The fraction of sp³-hybridized carbons (Fsp3) is 0.600. The number of hydrogen-bond acceptors (Lipinski definition) is 3. The molecule has 4 N–H and O–H groups in total. The van der Waals surface area contributed by atoms with Crippen molar-refractivity contribution in [1.29, 1.82) is 0 Å². The van der Waals surface area contributed by atoms with Crippen LogP contribution in [0.5, 0.6) is 0 Å². The molecular formula is C5H10N4O. The standard InChI is InChI=1S/C5H10N4O/c6-5(7)9-8-4-1-2-10-3-4/h1-3H2,(H4,6,7,9). The summed E-state index contributed by atoms with van der Waals surface area (Å²) in [6, 6.07) is 0. The van der Waals surface area contributed by atoms with Crippen molar-refractivity contribution in [3.63, 3.8) is 0 Å². The third-order valence-corrected chi connectivity index (χ3v) is 1.11. The second-order valence-electron chi connectivity index (χ2n) is 1.99. The van der Waals surface area contributed by atoms with Crippen molar-refractivity contribution in [3.05, 3.63) is 0 Å². The van der Waals surface area contributed by atoms with Gasteiger partial charge >= 0.3 is 0 Å².